The number of quaternary nitrogens is 1. The first-order valence-electron chi connectivity index (χ1n) is 34.5. The third-order valence-electron chi connectivity index (χ3n) is 15.8. The predicted molar refractivity (Wildman–Crippen MR) is 344 cm³/mol. The van der Waals surface area contributed by atoms with Gasteiger partial charge in [0.15, 0.2) is 0 Å². The summed E-state index contributed by atoms with van der Waals surface area (Å²) in [6.45, 7) is 4.66. The molecule has 0 heterocycles. The highest BCUT2D eigenvalue weighted by Gasteiger charge is 2.24. The Morgan fingerprint density at radius 3 is 1.13 bits per heavy atom. The van der Waals surface area contributed by atoms with Crippen molar-refractivity contribution in [1.82, 2.24) is 5.32 Å². The van der Waals surface area contributed by atoms with Gasteiger partial charge in [-0.1, -0.05) is 332 Å². The number of amides is 1. The molecule has 3 unspecified atom stereocenters. The van der Waals surface area contributed by atoms with E-state index >= 15 is 0 Å². The predicted octanol–water partition coefficient (Wildman–Crippen LogP) is 21.2. The van der Waals surface area contributed by atoms with Gasteiger partial charge in [-0.3, -0.25) is 9.36 Å². The first-order valence-corrected chi connectivity index (χ1v) is 35.9. The van der Waals surface area contributed by atoms with Crippen LogP contribution in [0.25, 0.3) is 0 Å². The second-order valence-corrected chi connectivity index (χ2v) is 26.3. The van der Waals surface area contributed by atoms with Crippen LogP contribution in [0.3, 0.4) is 0 Å². The lowest BCUT2D eigenvalue weighted by atomic mass is 10.0. The number of phosphoric acid groups is 1. The van der Waals surface area contributed by atoms with Crippen LogP contribution >= 0.6 is 7.82 Å². The summed E-state index contributed by atoms with van der Waals surface area (Å²) in [5.41, 5.74) is 0. The minimum absolute atomic E-state index is 0.0145. The van der Waals surface area contributed by atoms with E-state index in [1.807, 2.05) is 21.1 Å². The smallest absolute Gasteiger partial charge is 0.268 e. The normalized spacial score (nSPS) is 14.0. The van der Waals surface area contributed by atoms with E-state index in [0.717, 1.165) is 64.2 Å². The van der Waals surface area contributed by atoms with Crippen molar-refractivity contribution in [2.75, 3.05) is 40.9 Å². The fraction of sp³-hybridized carbons (Fsp3) is 0.871. The molecule has 2 N–H and O–H groups in total. The molecule has 3 atom stereocenters. The van der Waals surface area contributed by atoms with Crippen molar-refractivity contribution in [2.24, 2.45) is 0 Å². The minimum atomic E-state index is -4.57. The second-order valence-electron chi connectivity index (χ2n) is 24.9. The fourth-order valence-corrected chi connectivity index (χ4v) is 11.2. The fourth-order valence-electron chi connectivity index (χ4n) is 10.5. The van der Waals surface area contributed by atoms with Gasteiger partial charge in [0, 0.05) is 6.42 Å². The van der Waals surface area contributed by atoms with Crippen molar-refractivity contribution in [3.8, 4) is 0 Å². The third-order valence-corrected chi connectivity index (χ3v) is 16.8. The summed E-state index contributed by atoms with van der Waals surface area (Å²) in [5, 5.41) is 14.1. The van der Waals surface area contributed by atoms with Crippen LogP contribution in [0.15, 0.2) is 48.6 Å². The maximum Gasteiger partial charge on any atom is 0.268 e. The van der Waals surface area contributed by atoms with Gasteiger partial charge in [0.05, 0.1) is 39.9 Å². The molecule has 0 rings (SSSR count). The van der Waals surface area contributed by atoms with Crippen LogP contribution in [-0.2, 0) is 18.4 Å². The summed E-state index contributed by atoms with van der Waals surface area (Å²) in [7, 11) is 1.32. The van der Waals surface area contributed by atoms with Gasteiger partial charge in [0.1, 0.15) is 13.2 Å². The van der Waals surface area contributed by atoms with Crippen LogP contribution in [0, 0.1) is 0 Å². The van der Waals surface area contributed by atoms with E-state index in [4.69, 9.17) is 9.05 Å². The molecule has 0 radical (unpaired) electrons. The number of hydrogen-bond donors (Lipinski definition) is 2. The lowest BCUT2D eigenvalue weighted by Gasteiger charge is -2.30. The summed E-state index contributed by atoms with van der Waals surface area (Å²) in [5.74, 6) is -0.157. The van der Waals surface area contributed by atoms with E-state index in [-0.39, 0.29) is 19.1 Å². The number of unbranched alkanes of at least 4 members (excludes halogenated alkanes) is 43. The van der Waals surface area contributed by atoms with E-state index in [1.165, 1.54) is 250 Å². The Morgan fingerprint density at radius 2 is 0.772 bits per heavy atom. The molecule has 9 heteroatoms. The van der Waals surface area contributed by atoms with Gasteiger partial charge in [-0.2, -0.15) is 0 Å². The number of carbonyl (C=O) groups excluding carboxylic acids is 1. The van der Waals surface area contributed by atoms with Gasteiger partial charge < -0.3 is 28.8 Å². The number of aliphatic hydroxyl groups is 1. The molecule has 0 saturated carbocycles. The molecule has 0 spiro atoms. The minimum Gasteiger partial charge on any atom is -0.756 e. The molecule has 0 aromatic heterocycles. The number of rotatable bonds is 64. The van der Waals surface area contributed by atoms with Crippen LogP contribution in [-0.4, -0.2) is 68.5 Å². The zero-order chi connectivity index (χ0) is 57.7. The Morgan fingerprint density at radius 1 is 0.456 bits per heavy atom. The quantitative estimate of drug-likeness (QED) is 0.0272. The Bertz CT molecular complexity index is 1430. The number of likely N-dealkylation sites (N-methyl/N-ethyl adjacent to an activating group) is 1. The SMILES string of the molecule is CC/C=C\C/C=C\C/C=C\C/C=C\CCCCCCCCCCCCCCCCCCCCCCCCCCCCC(=O)NC(COP(=O)([O-])OCC[N+](C)(C)C)C(O)CCCCCCCCCCCCCCCCCCCC. The molecule has 0 bridgehead atoms. The number of nitrogens with one attached hydrogen (secondary N) is 1. The standard InChI is InChI=1S/C70H135N2O6P/c1-6-8-10-12-14-16-18-20-22-24-26-27-28-29-30-31-32-33-34-35-36-37-38-39-40-41-42-43-44-45-46-48-50-52-54-56-58-60-62-64-70(74)71-68(67-78-79(75,76)77-66-65-72(3,4)5)69(73)63-61-59-57-55-53-51-49-47-25-23-21-19-17-15-13-11-9-7-2/h8,10,14,16,20,22,26-27,68-69,73H,6-7,9,11-13,15,17-19,21,23-25,28-67H2,1-5H3,(H-,71,74,75,76)/b10-8-,16-14-,22-20-,27-26-. The summed E-state index contributed by atoms with van der Waals surface area (Å²) >= 11 is 0. The average Bonchev–Trinajstić information content (AvgIpc) is 3.42. The van der Waals surface area contributed by atoms with Gasteiger partial charge in [-0.25, -0.2) is 0 Å². The first-order chi connectivity index (χ1) is 38.5. The van der Waals surface area contributed by atoms with E-state index in [1.54, 1.807) is 0 Å². The molecule has 466 valence electrons. The number of nitrogens with zero attached hydrogens (tertiary/aromatic N) is 1. The maximum atomic E-state index is 13.0. The number of carbonyl (C=O) groups is 1. The molecule has 0 aliphatic heterocycles. The summed E-state index contributed by atoms with van der Waals surface area (Å²) in [6.07, 6.45) is 81.9. The lowest BCUT2D eigenvalue weighted by molar-refractivity contribution is -0.870. The van der Waals surface area contributed by atoms with Crippen LogP contribution in [0.2, 0.25) is 0 Å². The van der Waals surface area contributed by atoms with E-state index < -0.39 is 20.0 Å². The topological polar surface area (TPSA) is 108 Å². The largest absolute Gasteiger partial charge is 0.756 e. The van der Waals surface area contributed by atoms with Crippen LogP contribution < -0.4 is 10.2 Å². The highest BCUT2D eigenvalue weighted by atomic mass is 31.2. The molecular formula is C70H135N2O6P. The third kappa shape index (κ3) is 63.9. The van der Waals surface area contributed by atoms with Crippen molar-refractivity contribution < 1.29 is 32.9 Å². The van der Waals surface area contributed by atoms with Crippen molar-refractivity contribution in [3.63, 3.8) is 0 Å². The summed E-state index contributed by atoms with van der Waals surface area (Å²) in [6, 6.07) is -0.799. The Hall–Kier alpha value is -1.54. The maximum absolute atomic E-state index is 13.0. The van der Waals surface area contributed by atoms with Crippen molar-refractivity contribution >= 4 is 13.7 Å². The molecule has 79 heavy (non-hydrogen) atoms. The molecular weight excluding hydrogens is 996 g/mol. The van der Waals surface area contributed by atoms with Crippen molar-refractivity contribution in [1.29, 1.82) is 0 Å². The highest BCUT2D eigenvalue weighted by molar-refractivity contribution is 7.45. The molecule has 0 aromatic carbocycles. The van der Waals surface area contributed by atoms with Gasteiger partial charge in [0.25, 0.3) is 7.82 Å². The highest BCUT2D eigenvalue weighted by Crippen LogP contribution is 2.38. The van der Waals surface area contributed by atoms with Crippen molar-refractivity contribution in [3.05, 3.63) is 48.6 Å². The number of hydrogen-bond acceptors (Lipinski definition) is 6. The molecule has 0 saturated heterocycles. The Balaban J connectivity index is 3.89. The zero-order valence-electron chi connectivity index (χ0n) is 53.3. The van der Waals surface area contributed by atoms with Crippen molar-refractivity contribution in [2.45, 2.75) is 353 Å². The van der Waals surface area contributed by atoms with E-state index in [9.17, 15) is 19.4 Å². The Kier molecular flexibility index (Phi) is 59.8. The lowest BCUT2D eigenvalue weighted by Crippen LogP contribution is -2.46. The first kappa shape index (κ1) is 77.5. The molecule has 0 aromatic rings. The molecule has 0 aliphatic carbocycles. The van der Waals surface area contributed by atoms with Crippen LogP contribution in [0.5, 0.6) is 0 Å². The number of phosphoric ester groups is 1. The van der Waals surface area contributed by atoms with Gasteiger partial charge in [-0.15, -0.1) is 0 Å². The van der Waals surface area contributed by atoms with Gasteiger partial charge in [-0.05, 0) is 51.4 Å². The van der Waals surface area contributed by atoms with Crippen LogP contribution in [0.1, 0.15) is 341 Å². The number of aliphatic hydroxyl groups excluding tert-OH is 1. The average molecular weight is 1130 g/mol. The van der Waals surface area contributed by atoms with Gasteiger partial charge >= 0.3 is 0 Å². The summed E-state index contributed by atoms with van der Waals surface area (Å²) < 4.78 is 23.5. The van der Waals surface area contributed by atoms with Crippen LogP contribution in [0.4, 0.5) is 0 Å². The monoisotopic (exact) mass is 1130 g/mol. The molecule has 0 aliphatic rings. The zero-order valence-corrected chi connectivity index (χ0v) is 54.2. The van der Waals surface area contributed by atoms with E-state index in [0.29, 0.717) is 23.9 Å². The molecule has 1 amide bonds. The molecule has 0 fully saturated rings. The Labute approximate surface area is 492 Å². The molecule has 8 nitrogen and oxygen atoms in total. The van der Waals surface area contributed by atoms with Gasteiger partial charge in [0.2, 0.25) is 5.91 Å². The number of allylic oxidation sites excluding steroid dienone is 8. The summed E-state index contributed by atoms with van der Waals surface area (Å²) in [4.78, 5) is 25.6. The van der Waals surface area contributed by atoms with E-state index in [2.05, 4.69) is 67.8 Å². The second kappa shape index (κ2) is 61.0.